The topological polar surface area (TPSA) is 124 Å². The zero-order valence-electron chi connectivity index (χ0n) is 25.2. The number of carbonyl (C=O) groups is 1. The number of rotatable bonds is 7. The van der Waals surface area contributed by atoms with Gasteiger partial charge in [-0.15, -0.1) is 0 Å². The van der Waals surface area contributed by atoms with Crippen LogP contribution in [-0.4, -0.2) is 43.3 Å². The Hall–Kier alpha value is -3.99. The molecule has 228 valence electrons. The van der Waals surface area contributed by atoms with Crippen LogP contribution in [0.5, 0.6) is 0 Å². The van der Waals surface area contributed by atoms with Gasteiger partial charge in [-0.3, -0.25) is 18.8 Å². The zero-order valence-corrected chi connectivity index (χ0v) is 26.0. The van der Waals surface area contributed by atoms with Crippen molar-refractivity contribution in [2.75, 3.05) is 23.3 Å². The summed E-state index contributed by atoms with van der Waals surface area (Å²) in [5.74, 6) is 0.0237. The predicted octanol–water partition coefficient (Wildman–Crippen LogP) is 5.41. The summed E-state index contributed by atoms with van der Waals surface area (Å²) >= 11 is 6.01. The number of hydrogen-bond donors (Lipinski definition) is 2. The normalized spacial score (nSPS) is 16.1. The third kappa shape index (κ3) is 6.08. The van der Waals surface area contributed by atoms with Gasteiger partial charge in [0.2, 0.25) is 5.95 Å². The molecule has 2 aliphatic rings. The molecule has 0 spiro atoms. The van der Waals surface area contributed by atoms with Gasteiger partial charge in [-0.05, 0) is 62.3 Å². The van der Waals surface area contributed by atoms with Crippen molar-refractivity contribution >= 4 is 40.0 Å². The molecule has 10 nitrogen and oxygen atoms in total. The lowest BCUT2D eigenvalue weighted by atomic mass is 9.93. The largest absolute Gasteiger partial charge is 0.377 e. The van der Waals surface area contributed by atoms with E-state index in [-0.39, 0.29) is 34.2 Å². The molecule has 1 aliphatic heterocycles. The van der Waals surface area contributed by atoms with E-state index in [1.54, 1.807) is 30.8 Å². The summed E-state index contributed by atoms with van der Waals surface area (Å²) in [6, 6.07) is 7.01. The summed E-state index contributed by atoms with van der Waals surface area (Å²) in [5.41, 5.74) is 9.00. The summed E-state index contributed by atoms with van der Waals surface area (Å²) in [7, 11) is 3.47. The Balaban J connectivity index is 0.00000180. The van der Waals surface area contributed by atoms with Crippen LogP contribution in [0.3, 0.4) is 0 Å². The van der Waals surface area contributed by atoms with Gasteiger partial charge in [0, 0.05) is 38.7 Å². The maximum Gasteiger partial charge on any atom is 0.269 e. The van der Waals surface area contributed by atoms with Crippen LogP contribution in [0.15, 0.2) is 35.3 Å². The lowest BCUT2D eigenvalue weighted by molar-refractivity contribution is 0.0996. The fourth-order valence-electron chi connectivity index (χ4n) is 5.84. The van der Waals surface area contributed by atoms with Crippen molar-refractivity contribution in [1.82, 2.24) is 24.3 Å². The summed E-state index contributed by atoms with van der Waals surface area (Å²) in [6.07, 6.45) is 4.96. The molecule has 0 radical (unpaired) electrons. The number of aryl methyl sites for hydroxylation is 1. The molecule has 0 bridgehead atoms. The predicted molar refractivity (Wildman–Crippen MR) is 167 cm³/mol. The highest BCUT2D eigenvalue weighted by Gasteiger charge is 2.30. The molecule has 12 heteroatoms. The number of amides is 1. The van der Waals surface area contributed by atoms with E-state index in [9.17, 15) is 14.0 Å². The number of carbonyl (C=O) groups excluding carboxylic acids is 1. The van der Waals surface area contributed by atoms with Crippen molar-refractivity contribution in [3.63, 3.8) is 0 Å². The number of fused-ring (bicyclic) bond motifs is 1. The Morgan fingerprint density at radius 3 is 2.40 bits per heavy atom. The average molecular weight is 609 g/mol. The Kier molecular flexibility index (Phi) is 8.73. The van der Waals surface area contributed by atoms with Crippen LogP contribution in [0, 0.1) is 5.82 Å². The highest BCUT2D eigenvalue weighted by molar-refractivity contribution is 6.29. The lowest BCUT2D eigenvalue weighted by Gasteiger charge is -2.33. The van der Waals surface area contributed by atoms with E-state index in [4.69, 9.17) is 22.3 Å². The first kappa shape index (κ1) is 30.5. The number of pyridine rings is 1. The van der Waals surface area contributed by atoms with Crippen molar-refractivity contribution < 1.29 is 9.18 Å². The van der Waals surface area contributed by atoms with E-state index in [2.05, 4.69) is 26.4 Å². The molecule has 1 saturated heterocycles. The standard InChI is InChI=1S/C29H32ClFN8O2.C2H6/c1-15(33-22-6-7-23(30)34-26(22)27(32)40)19-12-18(16-4-5-16)13-20-25(19)35-29(38(3)28(20)41)39-10-8-17(9-11-39)24-21(31)14-37(2)36-24;1-2/h6-7,12-17,33H,4-5,8-11H2,1-3H3,(H2,32,40);1-2H3. The van der Waals surface area contributed by atoms with Gasteiger partial charge in [-0.25, -0.2) is 14.4 Å². The fraction of sp³-hybridized carbons (Fsp3) is 0.452. The van der Waals surface area contributed by atoms with Crippen molar-refractivity contribution in [3.8, 4) is 0 Å². The minimum atomic E-state index is -0.693. The molecular weight excluding hydrogens is 571 g/mol. The lowest BCUT2D eigenvalue weighted by Crippen LogP contribution is -2.38. The minimum Gasteiger partial charge on any atom is -0.377 e. The number of nitrogens with one attached hydrogen (secondary N) is 1. The summed E-state index contributed by atoms with van der Waals surface area (Å²) < 4.78 is 17.5. The second kappa shape index (κ2) is 12.3. The zero-order chi connectivity index (χ0) is 31.0. The number of hydrogen-bond acceptors (Lipinski definition) is 7. The minimum absolute atomic E-state index is 0.0123. The quantitative estimate of drug-likeness (QED) is 0.269. The molecule has 1 amide bonds. The first-order valence-electron chi connectivity index (χ1n) is 14.8. The van der Waals surface area contributed by atoms with Crippen molar-refractivity contribution in [2.45, 2.75) is 64.3 Å². The van der Waals surface area contributed by atoms with E-state index in [0.717, 1.165) is 24.0 Å². The summed E-state index contributed by atoms with van der Waals surface area (Å²) in [5, 5.41) is 8.40. The Bertz CT molecular complexity index is 1720. The van der Waals surface area contributed by atoms with Crippen LogP contribution in [-0.2, 0) is 14.1 Å². The molecule has 2 fully saturated rings. The number of nitrogens with two attached hydrogens (primary N) is 1. The number of benzene rings is 1. The van der Waals surface area contributed by atoms with E-state index in [1.165, 1.54) is 10.9 Å². The van der Waals surface area contributed by atoms with Gasteiger partial charge < -0.3 is 16.0 Å². The molecule has 4 aromatic rings. The molecule has 1 saturated carbocycles. The Labute approximate surface area is 255 Å². The highest BCUT2D eigenvalue weighted by Crippen LogP contribution is 2.42. The second-order valence-electron chi connectivity index (χ2n) is 11.1. The van der Waals surface area contributed by atoms with E-state index >= 15 is 0 Å². The molecule has 43 heavy (non-hydrogen) atoms. The summed E-state index contributed by atoms with van der Waals surface area (Å²) in [6.45, 7) is 7.19. The van der Waals surface area contributed by atoms with Crippen LogP contribution in [0.4, 0.5) is 16.0 Å². The Morgan fingerprint density at radius 2 is 1.79 bits per heavy atom. The Morgan fingerprint density at radius 1 is 1.09 bits per heavy atom. The number of halogens is 2. The molecule has 3 aromatic heterocycles. The number of aromatic nitrogens is 5. The molecular formula is C31H38ClFN8O2. The van der Waals surface area contributed by atoms with Gasteiger partial charge >= 0.3 is 0 Å². The highest BCUT2D eigenvalue weighted by atomic mass is 35.5. The molecule has 1 unspecified atom stereocenters. The number of primary amides is 1. The first-order chi connectivity index (χ1) is 20.6. The SMILES string of the molecule is CC.CC(Nc1ccc(Cl)nc1C(N)=O)c1cc(C2CC2)cc2c(=O)n(C)c(N3CCC(c4nn(C)cc4F)CC3)nc12. The van der Waals surface area contributed by atoms with Crippen molar-refractivity contribution in [1.29, 1.82) is 0 Å². The van der Waals surface area contributed by atoms with Crippen LogP contribution in [0.25, 0.3) is 10.9 Å². The van der Waals surface area contributed by atoms with Crippen LogP contribution in [0.1, 0.15) is 91.6 Å². The number of piperidine rings is 1. The van der Waals surface area contributed by atoms with Gasteiger partial charge in [0.1, 0.15) is 10.8 Å². The maximum atomic E-state index is 14.4. The van der Waals surface area contributed by atoms with Gasteiger partial charge in [-0.2, -0.15) is 5.10 Å². The van der Waals surface area contributed by atoms with Crippen molar-refractivity contribution in [2.24, 2.45) is 19.8 Å². The third-order valence-corrected chi connectivity index (χ3v) is 8.38. The van der Waals surface area contributed by atoms with Gasteiger partial charge in [0.25, 0.3) is 11.5 Å². The molecule has 1 aromatic carbocycles. The van der Waals surface area contributed by atoms with Crippen LogP contribution >= 0.6 is 11.6 Å². The number of nitrogens with zero attached hydrogens (tertiary/aromatic N) is 6. The van der Waals surface area contributed by atoms with Gasteiger partial charge in [0.15, 0.2) is 11.5 Å². The van der Waals surface area contributed by atoms with Crippen LogP contribution in [0.2, 0.25) is 5.15 Å². The fourth-order valence-corrected chi connectivity index (χ4v) is 5.98. The molecule has 1 atom stereocenters. The average Bonchev–Trinajstić information content (AvgIpc) is 3.79. The van der Waals surface area contributed by atoms with E-state index in [1.807, 2.05) is 26.8 Å². The van der Waals surface area contributed by atoms with Crippen molar-refractivity contribution in [3.05, 3.63) is 74.3 Å². The summed E-state index contributed by atoms with van der Waals surface area (Å²) in [4.78, 5) is 37.1. The number of anilines is 2. The molecule has 3 N–H and O–H groups in total. The molecule has 1 aliphatic carbocycles. The molecule has 4 heterocycles. The van der Waals surface area contributed by atoms with Crippen LogP contribution < -0.4 is 21.5 Å². The van der Waals surface area contributed by atoms with Gasteiger partial charge in [-0.1, -0.05) is 31.5 Å². The smallest absolute Gasteiger partial charge is 0.269 e. The third-order valence-electron chi connectivity index (χ3n) is 8.17. The molecule has 6 rings (SSSR count). The second-order valence-corrected chi connectivity index (χ2v) is 11.5. The van der Waals surface area contributed by atoms with E-state index in [0.29, 0.717) is 60.1 Å². The maximum absolute atomic E-state index is 14.4. The monoisotopic (exact) mass is 608 g/mol. The first-order valence-corrected chi connectivity index (χ1v) is 15.2. The van der Waals surface area contributed by atoms with E-state index < -0.39 is 5.91 Å². The van der Waals surface area contributed by atoms with Gasteiger partial charge in [0.05, 0.1) is 28.8 Å².